The molecule has 1 aliphatic heterocycles. The predicted molar refractivity (Wildman–Crippen MR) is 118 cm³/mol. The van der Waals surface area contributed by atoms with E-state index in [1.54, 1.807) is 28.8 Å². The predicted octanol–water partition coefficient (Wildman–Crippen LogP) is 4.42. The molecule has 3 aromatic heterocycles. The lowest BCUT2D eigenvalue weighted by Crippen LogP contribution is -2.30. The zero-order valence-corrected chi connectivity index (χ0v) is 18.6. The summed E-state index contributed by atoms with van der Waals surface area (Å²) in [6.45, 7) is 2.78. The molecule has 154 valence electrons. The van der Waals surface area contributed by atoms with Gasteiger partial charge in [-0.05, 0) is 68.6 Å². The molecule has 5 rings (SSSR count). The molecule has 0 radical (unpaired) electrons. The molecular weight excluding hydrogens is 424 g/mol. The quantitative estimate of drug-likeness (QED) is 0.625. The molecule has 1 aliphatic carbocycles. The van der Waals surface area contributed by atoms with Gasteiger partial charge in [-0.15, -0.1) is 22.7 Å². The van der Waals surface area contributed by atoms with Crippen LogP contribution >= 0.6 is 22.7 Å². The third kappa shape index (κ3) is 3.93. The highest BCUT2D eigenvalue weighted by Gasteiger charge is 2.25. The lowest BCUT2D eigenvalue weighted by atomic mass is 9.97. The second-order valence-corrected chi connectivity index (χ2v) is 11.7. The van der Waals surface area contributed by atoms with Gasteiger partial charge in [-0.2, -0.15) is 0 Å². The van der Waals surface area contributed by atoms with Gasteiger partial charge >= 0.3 is 0 Å². The minimum absolute atomic E-state index is 0.311. The van der Waals surface area contributed by atoms with Crippen LogP contribution in [0.4, 0.5) is 5.82 Å². The van der Waals surface area contributed by atoms with Crippen molar-refractivity contribution in [2.75, 3.05) is 17.8 Å². The third-order valence-corrected chi connectivity index (χ3v) is 9.59. The monoisotopic (exact) mass is 448 g/mol. The van der Waals surface area contributed by atoms with Crippen molar-refractivity contribution in [1.82, 2.24) is 14.9 Å². The molecule has 1 fully saturated rings. The Labute approximate surface area is 179 Å². The number of rotatable bonds is 5. The molecule has 3 aromatic rings. The molecule has 0 aromatic carbocycles. The smallest absolute Gasteiger partial charge is 0.272 e. The molecule has 4 heterocycles. The van der Waals surface area contributed by atoms with E-state index in [1.807, 2.05) is 0 Å². The number of nitrogens with zero attached hydrogens (tertiary/aromatic N) is 3. The Morgan fingerprint density at radius 2 is 1.90 bits per heavy atom. The molecule has 9 heteroatoms. The molecule has 0 spiro atoms. The van der Waals surface area contributed by atoms with Gasteiger partial charge in [0.2, 0.25) is 0 Å². The first-order valence-corrected chi connectivity index (χ1v) is 13.4. The Balaban J connectivity index is 1.58. The zero-order chi connectivity index (χ0) is 19.8. The number of nitrogens with one attached hydrogen (secondary N) is 1. The summed E-state index contributed by atoms with van der Waals surface area (Å²) in [7, 11) is -3.65. The second kappa shape index (κ2) is 7.94. The number of hydrogen-bond acceptors (Lipinski definition) is 7. The average Bonchev–Trinajstić information content (AvgIpc) is 3.37. The van der Waals surface area contributed by atoms with Crippen molar-refractivity contribution in [3.05, 3.63) is 33.8 Å². The van der Waals surface area contributed by atoms with Crippen molar-refractivity contribution in [3.8, 4) is 0 Å². The van der Waals surface area contributed by atoms with Gasteiger partial charge < -0.3 is 0 Å². The Morgan fingerprint density at radius 1 is 1.07 bits per heavy atom. The van der Waals surface area contributed by atoms with Crippen molar-refractivity contribution in [1.29, 1.82) is 0 Å². The fourth-order valence-corrected chi connectivity index (χ4v) is 7.55. The van der Waals surface area contributed by atoms with Crippen LogP contribution in [0.2, 0.25) is 0 Å². The summed E-state index contributed by atoms with van der Waals surface area (Å²) in [6.07, 6.45) is 8.02. The van der Waals surface area contributed by atoms with Gasteiger partial charge in [-0.25, -0.2) is 18.4 Å². The molecular formula is C20H24N4O2S3. The number of aromatic nitrogens is 2. The minimum Gasteiger partial charge on any atom is -0.296 e. The van der Waals surface area contributed by atoms with Gasteiger partial charge in [0, 0.05) is 4.88 Å². The van der Waals surface area contributed by atoms with E-state index >= 15 is 0 Å². The average molecular weight is 449 g/mol. The van der Waals surface area contributed by atoms with Gasteiger partial charge in [0.1, 0.15) is 14.9 Å². The number of fused-ring (bicyclic) bond motifs is 3. The fourth-order valence-electron chi connectivity index (χ4n) is 4.26. The van der Waals surface area contributed by atoms with Crippen LogP contribution in [0, 0.1) is 0 Å². The van der Waals surface area contributed by atoms with E-state index in [2.05, 4.69) is 9.62 Å². The summed E-state index contributed by atoms with van der Waals surface area (Å²) in [6, 6.07) is 3.38. The van der Waals surface area contributed by atoms with Crippen LogP contribution in [0.15, 0.2) is 21.7 Å². The molecule has 29 heavy (non-hydrogen) atoms. The van der Waals surface area contributed by atoms with Crippen molar-refractivity contribution in [2.45, 2.75) is 55.7 Å². The zero-order valence-electron chi connectivity index (χ0n) is 16.2. The molecule has 6 nitrogen and oxygen atoms in total. The standard InChI is InChI=1S/C20H24N4O2S3/c25-29(26,17-9-6-12-27-17)23-19-18-14-7-2-3-8-15(14)28-20(18)22-16(21-19)13-24-10-4-1-5-11-24/h6,9,12H,1-5,7-8,10-11,13H2,(H,21,22,23). The molecule has 0 amide bonds. The lowest BCUT2D eigenvalue weighted by Gasteiger charge is -2.25. The van der Waals surface area contributed by atoms with Crippen LogP contribution in [-0.2, 0) is 29.4 Å². The van der Waals surface area contributed by atoms with Crippen molar-refractivity contribution >= 4 is 48.7 Å². The highest BCUT2D eigenvalue weighted by molar-refractivity contribution is 7.94. The highest BCUT2D eigenvalue weighted by atomic mass is 32.2. The van der Waals surface area contributed by atoms with Crippen molar-refractivity contribution in [2.24, 2.45) is 0 Å². The Hall–Kier alpha value is -1.55. The number of anilines is 1. The normalized spacial score (nSPS) is 18.1. The largest absolute Gasteiger partial charge is 0.296 e. The molecule has 0 saturated carbocycles. The molecule has 1 N–H and O–H groups in total. The summed E-state index contributed by atoms with van der Waals surface area (Å²) < 4.78 is 29.0. The molecule has 1 saturated heterocycles. The second-order valence-electron chi connectivity index (χ2n) is 7.75. The molecule has 0 atom stereocenters. The molecule has 0 bridgehead atoms. The number of piperidine rings is 1. The van der Waals surface area contributed by atoms with Crippen LogP contribution in [0.3, 0.4) is 0 Å². The lowest BCUT2D eigenvalue weighted by molar-refractivity contribution is 0.216. The van der Waals surface area contributed by atoms with E-state index in [1.165, 1.54) is 47.5 Å². The summed E-state index contributed by atoms with van der Waals surface area (Å²) in [5.41, 5.74) is 1.24. The van der Waals surface area contributed by atoms with E-state index in [0.29, 0.717) is 22.4 Å². The first-order valence-electron chi connectivity index (χ1n) is 10.2. The number of thiophene rings is 2. The molecule has 2 aliphatic rings. The Kier molecular flexibility index (Phi) is 5.32. The van der Waals surface area contributed by atoms with Gasteiger partial charge in [-0.1, -0.05) is 12.5 Å². The number of sulfonamides is 1. The molecule has 0 unspecified atom stereocenters. The Bertz CT molecular complexity index is 1120. The first-order chi connectivity index (χ1) is 14.1. The van der Waals surface area contributed by atoms with Crippen LogP contribution in [-0.4, -0.2) is 36.4 Å². The van der Waals surface area contributed by atoms with E-state index in [4.69, 9.17) is 9.97 Å². The summed E-state index contributed by atoms with van der Waals surface area (Å²) >= 11 is 2.93. The van der Waals surface area contributed by atoms with Gasteiger partial charge in [0.25, 0.3) is 10.0 Å². The maximum Gasteiger partial charge on any atom is 0.272 e. The summed E-state index contributed by atoms with van der Waals surface area (Å²) in [5, 5.41) is 2.69. The van der Waals surface area contributed by atoms with E-state index in [0.717, 1.165) is 42.6 Å². The van der Waals surface area contributed by atoms with E-state index < -0.39 is 10.0 Å². The van der Waals surface area contributed by atoms with E-state index in [9.17, 15) is 8.42 Å². The first kappa shape index (κ1) is 19.4. The number of aryl methyl sites for hydroxylation is 2. The van der Waals surface area contributed by atoms with Crippen LogP contribution in [0.25, 0.3) is 10.2 Å². The van der Waals surface area contributed by atoms with Crippen LogP contribution < -0.4 is 4.72 Å². The van der Waals surface area contributed by atoms with Gasteiger partial charge in [-0.3, -0.25) is 9.62 Å². The van der Waals surface area contributed by atoms with Crippen LogP contribution in [0.1, 0.15) is 48.4 Å². The Morgan fingerprint density at radius 3 is 2.69 bits per heavy atom. The van der Waals surface area contributed by atoms with E-state index in [-0.39, 0.29) is 0 Å². The van der Waals surface area contributed by atoms with Crippen molar-refractivity contribution in [3.63, 3.8) is 0 Å². The number of hydrogen-bond donors (Lipinski definition) is 1. The summed E-state index contributed by atoms with van der Waals surface area (Å²) in [4.78, 5) is 14.2. The van der Waals surface area contributed by atoms with Crippen molar-refractivity contribution < 1.29 is 8.42 Å². The van der Waals surface area contributed by atoms with Gasteiger partial charge in [0.15, 0.2) is 5.82 Å². The topological polar surface area (TPSA) is 75.2 Å². The number of likely N-dealkylation sites (tertiary alicyclic amines) is 1. The minimum atomic E-state index is -3.65. The third-order valence-electron chi connectivity index (χ3n) is 5.67. The summed E-state index contributed by atoms with van der Waals surface area (Å²) in [5.74, 6) is 1.16. The maximum absolute atomic E-state index is 12.9. The fraction of sp³-hybridized carbons (Fsp3) is 0.500. The van der Waals surface area contributed by atoms with Gasteiger partial charge in [0.05, 0.1) is 11.9 Å². The van der Waals surface area contributed by atoms with Crippen LogP contribution in [0.5, 0.6) is 0 Å². The SMILES string of the molecule is O=S(=O)(Nc1nc(CN2CCCCC2)nc2sc3c(c12)CCCC3)c1cccs1. The maximum atomic E-state index is 12.9. The highest BCUT2D eigenvalue weighted by Crippen LogP contribution is 2.39.